The lowest BCUT2D eigenvalue weighted by Gasteiger charge is -2.47. The summed E-state index contributed by atoms with van der Waals surface area (Å²) in [5.41, 5.74) is 0. The molecule has 3 aliphatic heterocycles. The first-order valence-electron chi connectivity index (χ1n) is 10.6. The molecule has 3 rings (SSSR count). The van der Waals surface area contributed by atoms with Gasteiger partial charge in [0.2, 0.25) is 0 Å². The molecule has 0 aliphatic carbocycles. The summed E-state index contributed by atoms with van der Waals surface area (Å²) in [6.45, 7) is -2.32. The molecule has 6 unspecified atom stereocenters. The van der Waals surface area contributed by atoms with E-state index in [1.54, 1.807) is 0 Å². The smallest absolute Gasteiger partial charge is 0.187 e. The first-order chi connectivity index (χ1) is 16.0. The number of hydrogen-bond acceptors (Lipinski definition) is 16. The highest BCUT2D eigenvalue weighted by Crippen LogP contribution is 2.32. The molecule has 200 valence electrons. The van der Waals surface area contributed by atoms with Gasteiger partial charge in [0.05, 0.1) is 19.8 Å². The standard InChI is InChI=1S/C18H32O16/c19-1-4-7(22)8(23)12(27)17(31-4)34-15-6(3-21)32-18(13(28)10(15)25)33-14-5(2-20)30-16(29)11(26)9(14)24/h4-29H,1-3H2/t4?,5?,6?,7-,8?,9?,10?,11+,12+,13+,14-,15-,16+,17-,18-/m1/s1. The molecule has 16 nitrogen and oxygen atoms in total. The fourth-order valence-corrected chi connectivity index (χ4v) is 4.06. The van der Waals surface area contributed by atoms with Crippen molar-refractivity contribution in [1.82, 2.24) is 0 Å². The summed E-state index contributed by atoms with van der Waals surface area (Å²) in [5, 5.41) is 109. The minimum Gasteiger partial charge on any atom is -0.394 e. The van der Waals surface area contributed by atoms with Crippen LogP contribution < -0.4 is 0 Å². The molecular weight excluding hydrogens is 472 g/mol. The van der Waals surface area contributed by atoms with E-state index in [9.17, 15) is 56.2 Å². The second-order valence-corrected chi connectivity index (χ2v) is 8.33. The zero-order valence-corrected chi connectivity index (χ0v) is 17.7. The second kappa shape index (κ2) is 11.6. The molecule has 0 aromatic heterocycles. The van der Waals surface area contributed by atoms with Crippen molar-refractivity contribution in [2.45, 2.75) is 92.1 Å². The van der Waals surface area contributed by atoms with Crippen LogP contribution in [0.5, 0.6) is 0 Å². The van der Waals surface area contributed by atoms with E-state index < -0.39 is 112 Å². The third kappa shape index (κ3) is 5.37. The SMILES string of the molecule is OCC1O[C@H](O[C@@H]2C(CO)O[C@H](O[C@@H]3C(CO)O[C@H](O)[C@@H](O)C3O)[C@@H](O)C2O)[C@@H](O)C(O)[C@@H]1O. The van der Waals surface area contributed by atoms with E-state index in [2.05, 4.69) is 0 Å². The fourth-order valence-electron chi connectivity index (χ4n) is 4.06. The van der Waals surface area contributed by atoms with Crippen LogP contribution in [0.4, 0.5) is 0 Å². The summed E-state index contributed by atoms with van der Waals surface area (Å²) in [6.07, 6.45) is -25.1. The van der Waals surface area contributed by atoms with Gasteiger partial charge in [0.15, 0.2) is 18.9 Å². The molecule has 11 N–H and O–H groups in total. The van der Waals surface area contributed by atoms with Crippen LogP contribution in [-0.2, 0) is 23.7 Å². The first-order valence-corrected chi connectivity index (χ1v) is 10.6. The van der Waals surface area contributed by atoms with Crippen LogP contribution in [0.1, 0.15) is 0 Å². The van der Waals surface area contributed by atoms with Crippen molar-refractivity contribution in [3.05, 3.63) is 0 Å². The predicted molar refractivity (Wildman–Crippen MR) is 101 cm³/mol. The van der Waals surface area contributed by atoms with Gasteiger partial charge in [-0.25, -0.2) is 0 Å². The second-order valence-electron chi connectivity index (χ2n) is 8.33. The minimum atomic E-state index is -1.91. The minimum absolute atomic E-state index is 0.741. The maximum atomic E-state index is 10.6. The van der Waals surface area contributed by atoms with Crippen molar-refractivity contribution in [3.8, 4) is 0 Å². The molecule has 0 aromatic carbocycles. The Morgan fingerprint density at radius 3 is 1.35 bits per heavy atom. The van der Waals surface area contributed by atoms with Gasteiger partial charge < -0.3 is 79.9 Å². The highest BCUT2D eigenvalue weighted by molar-refractivity contribution is 4.96. The summed E-state index contributed by atoms with van der Waals surface area (Å²) >= 11 is 0. The topological polar surface area (TPSA) is 269 Å². The van der Waals surface area contributed by atoms with Crippen LogP contribution >= 0.6 is 0 Å². The van der Waals surface area contributed by atoms with Crippen LogP contribution in [-0.4, -0.2) is 168 Å². The quantitative estimate of drug-likeness (QED) is 0.154. The molecule has 0 aromatic rings. The van der Waals surface area contributed by atoms with Crippen molar-refractivity contribution in [2.24, 2.45) is 0 Å². The first kappa shape index (κ1) is 27.9. The Bertz CT molecular complexity index is 635. The Morgan fingerprint density at radius 1 is 0.441 bits per heavy atom. The number of hydrogen-bond donors (Lipinski definition) is 11. The van der Waals surface area contributed by atoms with Gasteiger partial charge in [-0.15, -0.1) is 0 Å². The Balaban J connectivity index is 1.72. The Labute approximate surface area is 192 Å². The highest BCUT2D eigenvalue weighted by atomic mass is 16.8. The maximum Gasteiger partial charge on any atom is 0.187 e. The molecule has 0 spiro atoms. The summed E-state index contributed by atoms with van der Waals surface area (Å²) in [4.78, 5) is 0. The van der Waals surface area contributed by atoms with Crippen LogP contribution in [0, 0.1) is 0 Å². The number of aliphatic hydroxyl groups excluding tert-OH is 11. The molecule has 16 heteroatoms. The highest BCUT2D eigenvalue weighted by Gasteiger charge is 2.53. The molecule has 3 aliphatic rings. The van der Waals surface area contributed by atoms with Crippen LogP contribution in [0.25, 0.3) is 0 Å². The van der Waals surface area contributed by atoms with E-state index in [-0.39, 0.29) is 0 Å². The molecule has 34 heavy (non-hydrogen) atoms. The van der Waals surface area contributed by atoms with Gasteiger partial charge in [-0.2, -0.15) is 0 Å². The van der Waals surface area contributed by atoms with Crippen molar-refractivity contribution < 1.29 is 79.9 Å². The zero-order chi connectivity index (χ0) is 25.3. The van der Waals surface area contributed by atoms with E-state index in [1.165, 1.54) is 0 Å². The van der Waals surface area contributed by atoms with Gasteiger partial charge in [-0.1, -0.05) is 0 Å². The molecule has 0 radical (unpaired) electrons. The summed E-state index contributed by atoms with van der Waals surface area (Å²) in [7, 11) is 0. The predicted octanol–water partition coefficient (Wildman–Crippen LogP) is -7.57. The van der Waals surface area contributed by atoms with Crippen molar-refractivity contribution in [2.75, 3.05) is 19.8 Å². The normalized spacial score (nSPS) is 52.5. The third-order valence-corrected chi connectivity index (χ3v) is 6.09. The molecule has 3 saturated heterocycles. The van der Waals surface area contributed by atoms with Crippen molar-refractivity contribution in [3.63, 3.8) is 0 Å². The fraction of sp³-hybridized carbons (Fsp3) is 1.00. The number of aliphatic hydroxyl groups is 11. The number of ether oxygens (including phenoxy) is 5. The van der Waals surface area contributed by atoms with Gasteiger partial charge in [0, 0.05) is 0 Å². The molecule has 3 heterocycles. The summed E-state index contributed by atoms with van der Waals surface area (Å²) in [5.74, 6) is 0. The third-order valence-electron chi connectivity index (χ3n) is 6.09. The summed E-state index contributed by atoms with van der Waals surface area (Å²) < 4.78 is 26.4. The van der Waals surface area contributed by atoms with Gasteiger partial charge in [-0.3, -0.25) is 0 Å². The lowest BCUT2D eigenvalue weighted by atomic mass is 9.96. The van der Waals surface area contributed by atoms with Gasteiger partial charge in [0.25, 0.3) is 0 Å². The van der Waals surface area contributed by atoms with Crippen LogP contribution in [0.2, 0.25) is 0 Å². The average Bonchev–Trinajstić information content (AvgIpc) is 2.83. The van der Waals surface area contributed by atoms with Crippen molar-refractivity contribution in [1.29, 1.82) is 0 Å². The van der Waals surface area contributed by atoms with E-state index in [0.717, 1.165) is 0 Å². The lowest BCUT2D eigenvalue weighted by molar-refractivity contribution is -0.377. The molecule has 0 bridgehead atoms. The molecule has 15 atom stereocenters. The van der Waals surface area contributed by atoms with E-state index in [4.69, 9.17) is 23.7 Å². The average molecular weight is 504 g/mol. The number of rotatable bonds is 7. The van der Waals surface area contributed by atoms with E-state index >= 15 is 0 Å². The molecule has 3 fully saturated rings. The lowest BCUT2D eigenvalue weighted by Crippen LogP contribution is -2.66. The van der Waals surface area contributed by atoms with Crippen LogP contribution in [0.3, 0.4) is 0 Å². The Hall–Kier alpha value is -0.640. The van der Waals surface area contributed by atoms with Gasteiger partial charge >= 0.3 is 0 Å². The van der Waals surface area contributed by atoms with E-state index in [1.807, 2.05) is 0 Å². The molecular formula is C18H32O16. The van der Waals surface area contributed by atoms with Crippen LogP contribution in [0.15, 0.2) is 0 Å². The maximum absolute atomic E-state index is 10.6. The Morgan fingerprint density at radius 2 is 0.853 bits per heavy atom. The molecule has 0 saturated carbocycles. The van der Waals surface area contributed by atoms with E-state index in [0.29, 0.717) is 0 Å². The van der Waals surface area contributed by atoms with Crippen molar-refractivity contribution >= 4 is 0 Å². The van der Waals surface area contributed by atoms with Gasteiger partial charge in [0.1, 0.15) is 73.2 Å². The van der Waals surface area contributed by atoms with Gasteiger partial charge in [-0.05, 0) is 0 Å². The summed E-state index contributed by atoms with van der Waals surface area (Å²) in [6, 6.07) is 0. The molecule has 0 amide bonds. The zero-order valence-electron chi connectivity index (χ0n) is 17.7. The Kier molecular flexibility index (Phi) is 9.54. The largest absolute Gasteiger partial charge is 0.394 e. The monoisotopic (exact) mass is 504 g/mol.